The van der Waals surface area contributed by atoms with Crippen molar-refractivity contribution < 1.29 is 19.4 Å². The van der Waals surface area contributed by atoms with Crippen LogP contribution < -0.4 is 15.4 Å². The van der Waals surface area contributed by atoms with Gasteiger partial charge in [0.15, 0.2) is 6.10 Å². The molecule has 2 unspecified atom stereocenters. The van der Waals surface area contributed by atoms with Gasteiger partial charge in [-0.2, -0.15) is 0 Å². The highest BCUT2D eigenvalue weighted by Crippen LogP contribution is 2.32. The van der Waals surface area contributed by atoms with Crippen molar-refractivity contribution >= 4 is 23.3 Å². The Labute approximate surface area is 104 Å². The lowest BCUT2D eigenvalue weighted by Gasteiger charge is -2.24. The number of carbonyl (C=O) groups excluding carboxylic acids is 1. The Bertz CT molecular complexity index is 501. The number of carbonyl (C=O) groups is 2. The molecule has 6 heteroatoms. The van der Waals surface area contributed by atoms with Crippen molar-refractivity contribution in [2.75, 3.05) is 10.6 Å². The van der Waals surface area contributed by atoms with Gasteiger partial charge in [0.05, 0.1) is 5.69 Å². The number of ether oxygens (including phenoxy) is 1. The lowest BCUT2D eigenvalue weighted by atomic mass is 10.2. The van der Waals surface area contributed by atoms with Crippen LogP contribution in [0.25, 0.3) is 0 Å². The van der Waals surface area contributed by atoms with Gasteiger partial charge in [0.1, 0.15) is 11.8 Å². The summed E-state index contributed by atoms with van der Waals surface area (Å²) in [6.45, 7) is 3.20. The van der Waals surface area contributed by atoms with Gasteiger partial charge in [0.25, 0.3) is 5.91 Å². The van der Waals surface area contributed by atoms with Crippen LogP contribution in [-0.4, -0.2) is 29.1 Å². The van der Waals surface area contributed by atoms with Crippen molar-refractivity contribution in [1.29, 1.82) is 0 Å². The molecule has 6 nitrogen and oxygen atoms in total. The predicted octanol–water partition coefficient (Wildman–Crippen LogP) is 1.29. The van der Waals surface area contributed by atoms with Crippen LogP contribution in [0.5, 0.6) is 5.75 Å². The largest absolute Gasteiger partial charge is 0.480 e. The number of rotatable bonds is 3. The summed E-state index contributed by atoms with van der Waals surface area (Å²) < 4.78 is 5.40. The van der Waals surface area contributed by atoms with Gasteiger partial charge < -0.3 is 20.5 Å². The van der Waals surface area contributed by atoms with E-state index in [0.717, 1.165) is 0 Å². The first-order valence-corrected chi connectivity index (χ1v) is 5.58. The first-order chi connectivity index (χ1) is 8.47. The second kappa shape index (κ2) is 4.56. The maximum Gasteiger partial charge on any atom is 0.325 e. The van der Waals surface area contributed by atoms with Crippen LogP contribution in [0.3, 0.4) is 0 Å². The summed E-state index contributed by atoms with van der Waals surface area (Å²) >= 11 is 0. The average molecular weight is 250 g/mol. The molecule has 0 aromatic heterocycles. The molecule has 0 spiro atoms. The Balaban J connectivity index is 2.20. The fourth-order valence-electron chi connectivity index (χ4n) is 1.61. The number of carboxylic acids is 1. The Morgan fingerprint density at radius 2 is 2.28 bits per heavy atom. The number of hydrogen-bond acceptors (Lipinski definition) is 4. The first kappa shape index (κ1) is 12.2. The topological polar surface area (TPSA) is 87.7 Å². The van der Waals surface area contributed by atoms with Crippen LogP contribution in [0.2, 0.25) is 0 Å². The van der Waals surface area contributed by atoms with E-state index in [4.69, 9.17) is 9.84 Å². The van der Waals surface area contributed by atoms with Crippen LogP contribution in [0, 0.1) is 0 Å². The quantitative estimate of drug-likeness (QED) is 0.752. The Hall–Kier alpha value is -2.24. The molecule has 3 N–H and O–H groups in total. The minimum absolute atomic E-state index is 0.217. The summed E-state index contributed by atoms with van der Waals surface area (Å²) in [7, 11) is 0. The highest BCUT2D eigenvalue weighted by molar-refractivity contribution is 5.98. The monoisotopic (exact) mass is 250 g/mol. The number of aliphatic carboxylic acids is 1. The van der Waals surface area contributed by atoms with Gasteiger partial charge in [0.2, 0.25) is 0 Å². The minimum Gasteiger partial charge on any atom is -0.480 e. The molecular formula is C12H14N2O4. The smallest absolute Gasteiger partial charge is 0.325 e. The third kappa shape index (κ3) is 2.37. The summed E-state index contributed by atoms with van der Waals surface area (Å²) in [5.41, 5.74) is 1.16. The fourth-order valence-corrected chi connectivity index (χ4v) is 1.61. The van der Waals surface area contributed by atoms with E-state index >= 15 is 0 Å². The van der Waals surface area contributed by atoms with Crippen LogP contribution >= 0.6 is 0 Å². The van der Waals surface area contributed by atoms with Gasteiger partial charge in [-0.1, -0.05) is 0 Å². The lowest BCUT2D eigenvalue weighted by molar-refractivity contribution is -0.137. The number of anilines is 2. The van der Waals surface area contributed by atoms with Gasteiger partial charge in [0, 0.05) is 5.69 Å². The zero-order chi connectivity index (χ0) is 13.3. The number of fused-ring (bicyclic) bond motifs is 1. The summed E-state index contributed by atoms with van der Waals surface area (Å²) in [6, 6.07) is 4.35. The zero-order valence-electron chi connectivity index (χ0n) is 10.1. The summed E-state index contributed by atoms with van der Waals surface area (Å²) in [4.78, 5) is 22.2. The third-order valence-corrected chi connectivity index (χ3v) is 2.66. The molecule has 0 saturated heterocycles. The van der Waals surface area contributed by atoms with E-state index in [2.05, 4.69) is 10.6 Å². The van der Waals surface area contributed by atoms with Crippen molar-refractivity contribution in [3.63, 3.8) is 0 Å². The SMILES string of the molecule is CC(Nc1ccc2c(c1)NC(=O)C(C)O2)C(=O)O. The Morgan fingerprint density at radius 3 is 2.94 bits per heavy atom. The molecule has 18 heavy (non-hydrogen) atoms. The van der Waals surface area contributed by atoms with Gasteiger partial charge in [-0.3, -0.25) is 9.59 Å². The third-order valence-electron chi connectivity index (χ3n) is 2.66. The van der Waals surface area contributed by atoms with E-state index in [0.29, 0.717) is 17.1 Å². The Morgan fingerprint density at radius 1 is 1.56 bits per heavy atom. The maximum absolute atomic E-state index is 11.4. The van der Waals surface area contributed by atoms with E-state index in [1.807, 2.05) is 0 Å². The highest BCUT2D eigenvalue weighted by atomic mass is 16.5. The van der Waals surface area contributed by atoms with Crippen molar-refractivity contribution in [2.45, 2.75) is 26.0 Å². The normalized spacial score (nSPS) is 19.2. The number of nitrogens with one attached hydrogen (secondary N) is 2. The molecule has 1 aliphatic heterocycles. The molecule has 2 atom stereocenters. The van der Waals surface area contributed by atoms with E-state index in [1.54, 1.807) is 32.0 Å². The molecule has 0 bridgehead atoms. The fraction of sp³-hybridized carbons (Fsp3) is 0.333. The van der Waals surface area contributed by atoms with E-state index in [1.165, 1.54) is 0 Å². The molecule has 2 rings (SSSR count). The van der Waals surface area contributed by atoms with Crippen molar-refractivity contribution in [3.05, 3.63) is 18.2 Å². The summed E-state index contributed by atoms with van der Waals surface area (Å²) in [6.07, 6.45) is -0.519. The summed E-state index contributed by atoms with van der Waals surface area (Å²) in [5.74, 6) is -0.580. The first-order valence-electron chi connectivity index (χ1n) is 5.58. The number of carboxylic acid groups (broad SMARTS) is 1. The Kier molecular flexibility index (Phi) is 3.10. The van der Waals surface area contributed by atoms with Crippen LogP contribution in [0.15, 0.2) is 18.2 Å². The maximum atomic E-state index is 11.4. The average Bonchev–Trinajstić information content (AvgIpc) is 2.31. The van der Waals surface area contributed by atoms with Crippen LogP contribution in [-0.2, 0) is 9.59 Å². The van der Waals surface area contributed by atoms with Crippen LogP contribution in [0.1, 0.15) is 13.8 Å². The molecule has 1 amide bonds. The standard InChI is InChI=1S/C12H14N2O4/c1-6(12(16)17)13-8-3-4-10-9(5-8)14-11(15)7(2)18-10/h3-7,13H,1-2H3,(H,14,15)(H,16,17). The molecule has 1 aromatic rings. The molecule has 1 heterocycles. The number of hydrogen-bond donors (Lipinski definition) is 3. The van der Waals surface area contributed by atoms with Gasteiger partial charge in [-0.05, 0) is 32.0 Å². The van der Waals surface area contributed by atoms with E-state index in [-0.39, 0.29) is 5.91 Å². The molecule has 0 radical (unpaired) electrons. The number of amides is 1. The van der Waals surface area contributed by atoms with Crippen molar-refractivity contribution in [3.8, 4) is 5.75 Å². The van der Waals surface area contributed by atoms with E-state index < -0.39 is 18.1 Å². The molecular weight excluding hydrogens is 236 g/mol. The lowest BCUT2D eigenvalue weighted by Crippen LogP contribution is -2.34. The van der Waals surface area contributed by atoms with Gasteiger partial charge in [-0.15, -0.1) is 0 Å². The molecule has 0 saturated carbocycles. The second-order valence-electron chi connectivity index (χ2n) is 4.16. The van der Waals surface area contributed by atoms with Gasteiger partial charge in [-0.25, -0.2) is 0 Å². The van der Waals surface area contributed by atoms with E-state index in [9.17, 15) is 9.59 Å². The van der Waals surface area contributed by atoms with Crippen molar-refractivity contribution in [1.82, 2.24) is 0 Å². The molecule has 96 valence electrons. The molecule has 0 aliphatic carbocycles. The summed E-state index contributed by atoms with van der Waals surface area (Å²) in [5, 5.41) is 14.3. The predicted molar refractivity (Wildman–Crippen MR) is 65.9 cm³/mol. The van der Waals surface area contributed by atoms with Gasteiger partial charge >= 0.3 is 5.97 Å². The highest BCUT2D eigenvalue weighted by Gasteiger charge is 2.23. The zero-order valence-corrected chi connectivity index (χ0v) is 10.1. The number of benzene rings is 1. The molecule has 1 aromatic carbocycles. The van der Waals surface area contributed by atoms with Crippen LogP contribution in [0.4, 0.5) is 11.4 Å². The van der Waals surface area contributed by atoms with Crippen molar-refractivity contribution in [2.24, 2.45) is 0 Å². The molecule has 0 fully saturated rings. The second-order valence-corrected chi connectivity index (χ2v) is 4.16. The minimum atomic E-state index is -0.943. The molecule has 1 aliphatic rings.